The first kappa shape index (κ1) is 19.0. The summed E-state index contributed by atoms with van der Waals surface area (Å²) in [6, 6.07) is 2.87. The van der Waals surface area contributed by atoms with Gasteiger partial charge in [-0.25, -0.2) is 9.59 Å². The van der Waals surface area contributed by atoms with Crippen LogP contribution in [0.3, 0.4) is 0 Å². The van der Waals surface area contributed by atoms with Crippen LogP contribution in [0.4, 0.5) is 4.79 Å². The highest BCUT2D eigenvalue weighted by Crippen LogP contribution is 2.26. The van der Waals surface area contributed by atoms with Crippen LogP contribution in [0.1, 0.15) is 20.3 Å². The van der Waals surface area contributed by atoms with E-state index in [2.05, 4.69) is 20.8 Å². The minimum Gasteiger partial charge on any atom is -0.463 e. The fourth-order valence-electron chi connectivity index (χ4n) is 2.77. The molecular formula is C17H21N5O4S. The van der Waals surface area contributed by atoms with Gasteiger partial charge in [-0.15, -0.1) is 10.2 Å². The molecule has 0 aliphatic carbocycles. The van der Waals surface area contributed by atoms with E-state index in [0.29, 0.717) is 40.2 Å². The van der Waals surface area contributed by atoms with E-state index >= 15 is 0 Å². The Balaban J connectivity index is 1.83. The number of hydrogen-bond donors (Lipinski definition) is 2. The van der Waals surface area contributed by atoms with Crippen molar-refractivity contribution in [2.45, 2.75) is 31.5 Å². The van der Waals surface area contributed by atoms with Crippen LogP contribution in [0.2, 0.25) is 0 Å². The number of rotatable bonds is 7. The number of carbonyl (C=O) groups excluding carboxylic acids is 2. The molecule has 2 aromatic rings. The smallest absolute Gasteiger partial charge is 0.337 e. The van der Waals surface area contributed by atoms with Gasteiger partial charge in [-0.1, -0.05) is 18.7 Å². The lowest BCUT2D eigenvalue weighted by atomic mass is 10.0. The molecule has 0 bridgehead atoms. The Morgan fingerprint density at radius 2 is 2.22 bits per heavy atom. The summed E-state index contributed by atoms with van der Waals surface area (Å²) >= 11 is 1.37. The van der Waals surface area contributed by atoms with Crippen molar-refractivity contribution in [3.63, 3.8) is 0 Å². The molecular weight excluding hydrogens is 370 g/mol. The molecule has 0 spiro atoms. The molecule has 1 aliphatic heterocycles. The summed E-state index contributed by atoms with van der Waals surface area (Å²) in [5, 5.41) is 14.4. The number of thioether (sulfide) groups is 1. The summed E-state index contributed by atoms with van der Waals surface area (Å²) in [5.41, 5.74) is 0.969. The van der Waals surface area contributed by atoms with Crippen molar-refractivity contribution in [1.82, 2.24) is 25.4 Å². The number of urea groups is 1. The van der Waals surface area contributed by atoms with Gasteiger partial charge in [0.25, 0.3) is 0 Å². The molecule has 0 unspecified atom stereocenters. The maximum absolute atomic E-state index is 12.4. The zero-order valence-corrected chi connectivity index (χ0v) is 16.1. The van der Waals surface area contributed by atoms with Crippen molar-refractivity contribution in [2.24, 2.45) is 7.05 Å². The Labute approximate surface area is 160 Å². The maximum Gasteiger partial charge on any atom is 0.337 e. The molecule has 0 aromatic carbocycles. The van der Waals surface area contributed by atoms with Crippen molar-refractivity contribution in [3.05, 3.63) is 29.7 Å². The fourth-order valence-corrected chi connectivity index (χ4v) is 3.65. The first-order chi connectivity index (χ1) is 13.0. The lowest BCUT2D eigenvalue weighted by Crippen LogP contribution is -2.50. The van der Waals surface area contributed by atoms with Gasteiger partial charge < -0.3 is 24.4 Å². The highest BCUT2D eigenvalue weighted by atomic mass is 32.2. The average molecular weight is 391 g/mol. The Hall–Kier alpha value is -2.75. The third-order valence-electron chi connectivity index (χ3n) is 4.07. The van der Waals surface area contributed by atoms with Gasteiger partial charge >= 0.3 is 12.0 Å². The number of carbonyl (C=O) groups is 2. The van der Waals surface area contributed by atoms with E-state index in [4.69, 9.17) is 9.15 Å². The largest absolute Gasteiger partial charge is 0.463 e. The van der Waals surface area contributed by atoms with Crippen molar-refractivity contribution in [2.75, 3.05) is 12.4 Å². The lowest BCUT2D eigenvalue weighted by molar-refractivity contribution is -0.139. The molecule has 0 radical (unpaired) electrons. The number of amides is 2. The van der Waals surface area contributed by atoms with Gasteiger partial charge in [-0.3, -0.25) is 0 Å². The van der Waals surface area contributed by atoms with E-state index < -0.39 is 5.97 Å². The van der Waals surface area contributed by atoms with Gasteiger partial charge in [0, 0.05) is 18.5 Å². The minimum absolute atomic E-state index is 0.267. The van der Waals surface area contributed by atoms with E-state index in [1.807, 2.05) is 14.0 Å². The van der Waals surface area contributed by atoms with Crippen LogP contribution in [0, 0.1) is 0 Å². The average Bonchev–Trinajstić information content (AvgIpc) is 3.29. The number of ether oxygens (including phenoxy) is 1. The highest BCUT2D eigenvalue weighted by molar-refractivity contribution is 7.99. The Bertz CT molecular complexity index is 859. The zero-order valence-electron chi connectivity index (χ0n) is 15.3. The van der Waals surface area contributed by atoms with E-state index in [9.17, 15) is 9.59 Å². The maximum atomic E-state index is 12.4. The second-order valence-electron chi connectivity index (χ2n) is 5.80. The summed E-state index contributed by atoms with van der Waals surface area (Å²) in [5.74, 6) is 1.14. The van der Waals surface area contributed by atoms with Crippen LogP contribution in [-0.2, 0) is 16.6 Å². The Morgan fingerprint density at radius 3 is 2.89 bits per heavy atom. The summed E-state index contributed by atoms with van der Waals surface area (Å²) in [6.07, 6.45) is 2.16. The molecule has 10 heteroatoms. The van der Waals surface area contributed by atoms with Crippen LogP contribution in [0.5, 0.6) is 0 Å². The van der Waals surface area contributed by atoms with Crippen LogP contribution in [0.15, 0.2) is 39.2 Å². The minimum atomic E-state index is -0.429. The number of nitrogens with one attached hydrogen (secondary N) is 2. The SMILES string of the molecule is CCOC(=O)C1=C(CSc2nnc(-c3ccco3)n2C)NC(=O)N[C@H]1CC. The number of furan rings is 1. The van der Waals surface area contributed by atoms with Crippen LogP contribution in [-0.4, -0.2) is 45.2 Å². The molecule has 2 N–H and O–H groups in total. The Morgan fingerprint density at radius 1 is 1.41 bits per heavy atom. The van der Waals surface area contributed by atoms with Crippen molar-refractivity contribution in [3.8, 4) is 11.6 Å². The van der Waals surface area contributed by atoms with Crippen LogP contribution < -0.4 is 10.6 Å². The van der Waals surface area contributed by atoms with Crippen LogP contribution >= 0.6 is 11.8 Å². The summed E-state index contributed by atoms with van der Waals surface area (Å²) in [4.78, 5) is 24.3. The molecule has 27 heavy (non-hydrogen) atoms. The summed E-state index contributed by atoms with van der Waals surface area (Å²) in [6.45, 7) is 3.92. The first-order valence-electron chi connectivity index (χ1n) is 8.58. The number of aromatic nitrogens is 3. The predicted molar refractivity (Wildman–Crippen MR) is 98.8 cm³/mol. The normalized spacial score (nSPS) is 16.9. The highest BCUT2D eigenvalue weighted by Gasteiger charge is 2.31. The molecule has 9 nitrogen and oxygen atoms in total. The van der Waals surface area contributed by atoms with Crippen molar-refractivity contribution in [1.29, 1.82) is 0 Å². The summed E-state index contributed by atoms with van der Waals surface area (Å²) < 4.78 is 12.3. The molecule has 3 heterocycles. The number of nitrogens with zero attached hydrogens (tertiary/aromatic N) is 3. The Kier molecular flexibility index (Phi) is 5.84. The third kappa shape index (κ3) is 4.00. The van der Waals surface area contributed by atoms with Gasteiger partial charge in [-0.05, 0) is 25.5 Å². The quantitative estimate of drug-likeness (QED) is 0.549. The van der Waals surface area contributed by atoms with Gasteiger partial charge in [0.15, 0.2) is 16.7 Å². The number of esters is 1. The summed E-state index contributed by atoms with van der Waals surface area (Å²) in [7, 11) is 1.83. The zero-order chi connectivity index (χ0) is 19.4. The predicted octanol–water partition coefficient (Wildman–Crippen LogP) is 2.08. The lowest BCUT2D eigenvalue weighted by Gasteiger charge is -2.28. The van der Waals surface area contributed by atoms with E-state index in [1.165, 1.54) is 11.8 Å². The number of hydrogen-bond acceptors (Lipinski definition) is 7. The monoisotopic (exact) mass is 391 g/mol. The molecule has 144 valence electrons. The molecule has 0 saturated carbocycles. The molecule has 0 saturated heterocycles. The van der Waals surface area contributed by atoms with Gasteiger partial charge in [0.05, 0.1) is 24.5 Å². The molecule has 3 rings (SSSR count). The molecule has 0 fully saturated rings. The van der Waals surface area contributed by atoms with Crippen LogP contribution in [0.25, 0.3) is 11.6 Å². The topological polar surface area (TPSA) is 111 Å². The third-order valence-corrected chi connectivity index (χ3v) is 5.12. The van der Waals surface area contributed by atoms with Crippen molar-refractivity contribution < 1.29 is 18.7 Å². The van der Waals surface area contributed by atoms with E-state index in [0.717, 1.165) is 0 Å². The van der Waals surface area contributed by atoms with Gasteiger partial charge in [0.1, 0.15) is 0 Å². The second kappa shape index (κ2) is 8.30. The molecule has 1 aliphatic rings. The van der Waals surface area contributed by atoms with Gasteiger partial charge in [-0.2, -0.15) is 0 Å². The van der Waals surface area contributed by atoms with E-state index in [-0.39, 0.29) is 18.7 Å². The molecule has 2 aromatic heterocycles. The second-order valence-corrected chi connectivity index (χ2v) is 6.75. The molecule has 2 amide bonds. The standard InChI is InChI=1S/C17H21N5O4S/c1-4-10-13(15(23)25-5-2)11(19-16(24)18-10)9-27-17-21-20-14(22(17)3)12-7-6-8-26-12/h6-8,10H,4-5,9H2,1-3H3,(H2,18,19,24)/t10-/m0/s1. The molecule has 1 atom stereocenters. The van der Waals surface area contributed by atoms with Crippen molar-refractivity contribution >= 4 is 23.8 Å². The first-order valence-corrected chi connectivity index (χ1v) is 9.57. The fraction of sp³-hybridized carbons (Fsp3) is 0.412. The van der Waals surface area contributed by atoms with E-state index in [1.54, 1.807) is 29.9 Å². The van der Waals surface area contributed by atoms with Gasteiger partial charge in [0.2, 0.25) is 0 Å².